The van der Waals surface area contributed by atoms with Gasteiger partial charge in [0.05, 0.1) is 5.97 Å². The lowest BCUT2D eigenvalue weighted by Crippen LogP contribution is -2.26. The van der Waals surface area contributed by atoms with E-state index in [1.807, 2.05) is 0 Å². The molecule has 0 aromatic rings. The van der Waals surface area contributed by atoms with Crippen LogP contribution in [0.1, 0.15) is 32.1 Å². The van der Waals surface area contributed by atoms with Crippen molar-refractivity contribution in [2.24, 2.45) is 0 Å². The van der Waals surface area contributed by atoms with Crippen molar-refractivity contribution < 1.29 is 9.90 Å². The van der Waals surface area contributed by atoms with Gasteiger partial charge in [-0.05, 0) is 12.8 Å². The molecule has 1 rings (SSSR count). The summed E-state index contributed by atoms with van der Waals surface area (Å²) in [5.74, 6) is -0.759. The molecule has 0 bridgehead atoms. The van der Waals surface area contributed by atoms with Crippen LogP contribution in [0.2, 0.25) is 0 Å². The van der Waals surface area contributed by atoms with E-state index in [2.05, 4.69) is 0 Å². The van der Waals surface area contributed by atoms with Gasteiger partial charge in [-0.1, -0.05) is 19.3 Å². The molecule has 0 N–H and O–H groups in total. The third-order valence-corrected chi connectivity index (χ3v) is 3.33. The molecule has 3 heteroatoms. The van der Waals surface area contributed by atoms with Crippen molar-refractivity contribution in [2.45, 2.75) is 37.4 Å². The van der Waals surface area contributed by atoms with Crippen molar-refractivity contribution in [3.05, 3.63) is 0 Å². The van der Waals surface area contributed by atoms with Crippen LogP contribution in [-0.4, -0.2) is 17.0 Å². The van der Waals surface area contributed by atoms with Gasteiger partial charge in [0.1, 0.15) is 0 Å². The fourth-order valence-electron chi connectivity index (χ4n) is 1.42. The number of hydrogen-bond donors (Lipinski definition) is 0. The summed E-state index contributed by atoms with van der Waals surface area (Å²) in [4.78, 5) is 10.1. The van der Waals surface area contributed by atoms with Crippen LogP contribution in [0.4, 0.5) is 0 Å². The zero-order valence-corrected chi connectivity index (χ0v) is 7.36. The highest BCUT2D eigenvalue weighted by molar-refractivity contribution is 8.00. The molecule has 1 aliphatic carbocycles. The molecule has 1 saturated carbocycles. The Kier molecular flexibility index (Phi) is 3.77. The van der Waals surface area contributed by atoms with Gasteiger partial charge in [-0.2, -0.15) is 11.8 Å². The van der Waals surface area contributed by atoms with Crippen LogP contribution in [0.5, 0.6) is 0 Å². The average Bonchev–Trinajstić information content (AvgIpc) is 2.03. The van der Waals surface area contributed by atoms with Gasteiger partial charge in [0.2, 0.25) is 0 Å². The van der Waals surface area contributed by atoms with E-state index in [0.29, 0.717) is 5.25 Å². The maximum atomic E-state index is 10.1. The van der Waals surface area contributed by atoms with Crippen LogP contribution < -0.4 is 5.11 Å². The molecule has 1 aliphatic rings. The first-order valence-electron chi connectivity index (χ1n) is 4.10. The van der Waals surface area contributed by atoms with Crippen molar-refractivity contribution in [2.75, 3.05) is 5.75 Å². The van der Waals surface area contributed by atoms with Gasteiger partial charge in [0.15, 0.2) is 0 Å². The topological polar surface area (TPSA) is 40.1 Å². The molecular formula is C8H13O2S-. The first kappa shape index (κ1) is 8.91. The van der Waals surface area contributed by atoms with Crippen molar-refractivity contribution in [3.63, 3.8) is 0 Å². The Hall–Kier alpha value is -0.180. The Morgan fingerprint density at radius 1 is 1.36 bits per heavy atom. The molecule has 0 aromatic carbocycles. The fraction of sp³-hybridized carbons (Fsp3) is 0.875. The molecule has 2 nitrogen and oxygen atoms in total. The number of carbonyl (C=O) groups excluding carboxylic acids is 1. The monoisotopic (exact) mass is 173 g/mol. The van der Waals surface area contributed by atoms with E-state index in [-0.39, 0.29) is 5.75 Å². The van der Waals surface area contributed by atoms with E-state index in [0.717, 1.165) is 0 Å². The second-order valence-electron chi connectivity index (χ2n) is 2.94. The molecular weight excluding hydrogens is 160 g/mol. The number of carbonyl (C=O) groups is 1. The van der Waals surface area contributed by atoms with E-state index in [1.165, 1.54) is 32.1 Å². The van der Waals surface area contributed by atoms with Crippen molar-refractivity contribution in [3.8, 4) is 0 Å². The lowest BCUT2D eigenvalue weighted by Gasteiger charge is -2.20. The second-order valence-corrected chi connectivity index (χ2v) is 4.23. The van der Waals surface area contributed by atoms with Gasteiger partial charge in [-0.3, -0.25) is 0 Å². The maximum absolute atomic E-state index is 10.1. The van der Waals surface area contributed by atoms with Gasteiger partial charge >= 0.3 is 0 Å². The SMILES string of the molecule is O=C([O-])CSC1CCCCC1. The molecule has 0 atom stereocenters. The fourth-order valence-corrected chi connectivity index (χ4v) is 2.46. The van der Waals surface area contributed by atoms with Crippen LogP contribution in [0.25, 0.3) is 0 Å². The molecule has 0 radical (unpaired) electrons. The Balaban J connectivity index is 2.09. The molecule has 64 valence electrons. The van der Waals surface area contributed by atoms with Crippen LogP contribution in [0.3, 0.4) is 0 Å². The Labute approximate surface area is 71.4 Å². The molecule has 0 spiro atoms. The quantitative estimate of drug-likeness (QED) is 0.634. The minimum Gasteiger partial charge on any atom is -0.549 e. The number of hydrogen-bond acceptors (Lipinski definition) is 3. The van der Waals surface area contributed by atoms with E-state index in [4.69, 9.17) is 0 Å². The van der Waals surface area contributed by atoms with E-state index >= 15 is 0 Å². The number of rotatable bonds is 3. The number of carboxylic acids is 1. The Morgan fingerprint density at radius 2 is 2.00 bits per heavy atom. The summed E-state index contributed by atoms with van der Waals surface area (Å²) in [6.07, 6.45) is 6.24. The van der Waals surface area contributed by atoms with E-state index < -0.39 is 5.97 Å². The highest BCUT2D eigenvalue weighted by Gasteiger charge is 2.12. The van der Waals surface area contributed by atoms with Gasteiger partial charge in [-0.25, -0.2) is 0 Å². The number of aliphatic carboxylic acids is 1. The maximum Gasteiger partial charge on any atom is 0.0513 e. The van der Waals surface area contributed by atoms with E-state index in [1.54, 1.807) is 11.8 Å². The highest BCUT2D eigenvalue weighted by Crippen LogP contribution is 2.27. The molecule has 0 saturated heterocycles. The normalized spacial score (nSPS) is 20.0. The number of carboxylic acid groups (broad SMARTS) is 1. The molecule has 11 heavy (non-hydrogen) atoms. The molecule has 1 fully saturated rings. The molecule has 0 aliphatic heterocycles. The number of thioether (sulfide) groups is 1. The predicted octanol–water partition coefficient (Wildman–Crippen LogP) is 0.802. The Morgan fingerprint density at radius 3 is 2.55 bits per heavy atom. The standard InChI is InChI=1S/C8H14O2S/c9-8(10)6-11-7-4-2-1-3-5-7/h7H,1-6H2,(H,9,10)/p-1. The predicted molar refractivity (Wildman–Crippen MR) is 44.3 cm³/mol. The largest absolute Gasteiger partial charge is 0.549 e. The summed E-state index contributed by atoms with van der Waals surface area (Å²) in [6.45, 7) is 0. The van der Waals surface area contributed by atoms with Crippen molar-refractivity contribution in [1.29, 1.82) is 0 Å². The zero-order chi connectivity index (χ0) is 8.10. The van der Waals surface area contributed by atoms with Gasteiger partial charge in [0, 0.05) is 11.0 Å². The van der Waals surface area contributed by atoms with Crippen molar-refractivity contribution >= 4 is 17.7 Å². The van der Waals surface area contributed by atoms with Crippen molar-refractivity contribution in [1.82, 2.24) is 0 Å². The van der Waals surface area contributed by atoms with Gasteiger partial charge in [0.25, 0.3) is 0 Å². The minimum absolute atomic E-state index is 0.171. The first-order valence-corrected chi connectivity index (χ1v) is 5.15. The Bertz CT molecular complexity index is 130. The third-order valence-electron chi connectivity index (χ3n) is 1.99. The molecule has 0 heterocycles. The smallest absolute Gasteiger partial charge is 0.0513 e. The van der Waals surface area contributed by atoms with Gasteiger partial charge < -0.3 is 9.90 Å². The lowest BCUT2D eigenvalue weighted by atomic mass is 10.0. The molecule has 0 amide bonds. The highest BCUT2D eigenvalue weighted by atomic mass is 32.2. The summed E-state index contributed by atoms with van der Waals surface area (Å²) < 4.78 is 0. The van der Waals surface area contributed by atoms with Gasteiger partial charge in [-0.15, -0.1) is 0 Å². The second kappa shape index (κ2) is 4.65. The summed E-state index contributed by atoms with van der Waals surface area (Å²) in [5.41, 5.74) is 0. The summed E-state index contributed by atoms with van der Waals surface area (Å²) >= 11 is 1.54. The van der Waals surface area contributed by atoms with Crippen LogP contribution >= 0.6 is 11.8 Å². The van der Waals surface area contributed by atoms with Crippen LogP contribution in [0, 0.1) is 0 Å². The molecule has 0 unspecified atom stereocenters. The van der Waals surface area contributed by atoms with Crippen LogP contribution in [-0.2, 0) is 4.79 Å². The third kappa shape index (κ3) is 3.65. The minimum atomic E-state index is -0.930. The summed E-state index contributed by atoms with van der Waals surface area (Å²) in [6, 6.07) is 0. The summed E-state index contributed by atoms with van der Waals surface area (Å²) in [7, 11) is 0. The van der Waals surface area contributed by atoms with E-state index in [9.17, 15) is 9.90 Å². The lowest BCUT2D eigenvalue weighted by molar-refractivity contribution is -0.301. The summed E-state index contributed by atoms with van der Waals surface area (Å²) in [5, 5.41) is 10.7. The average molecular weight is 173 g/mol. The van der Waals surface area contributed by atoms with Crippen LogP contribution in [0.15, 0.2) is 0 Å². The zero-order valence-electron chi connectivity index (χ0n) is 6.54. The first-order chi connectivity index (χ1) is 5.29. The molecule has 0 aromatic heterocycles.